The first-order valence-corrected chi connectivity index (χ1v) is 4.27. The minimum absolute atomic E-state index is 1.01. The van der Waals surface area contributed by atoms with Gasteiger partial charge in [0.25, 0.3) is 0 Å². The van der Waals surface area contributed by atoms with Gasteiger partial charge in [-0.15, -0.1) is 0 Å². The molecule has 0 aliphatic heterocycles. The van der Waals surface area contributed by atoms with Crippen LogP contribution in [0.25, 0.3) is 0 Å². The van der Waals surface area contributed by atoms with E-state index in [2.05, 4.69) is 26.8 Å². The van der Waals surface area contributed by atoms with Gasteiger partial charge in [-0.3, -0.25) is 0 Å². The summed E-state index contributed by atoms with van der Waals surface area (Å²) in [5.74, 6) is 1.01. The third kappa shape index (κ3) is 1.87. The quantitative estimate of drug-likeness (QED) is 0.678. The van der Waals surface area contributed by atoms with Gasteiger partial charge in [-0.05, 0) is 0 Å². The van der Waals surface area contributed by atoms with Crippen LogP contribution >= 0.6 is 0 Å². The van der Waals surface area contributed by atoms with Crippen LogP contribution in [0.15, 0.2) is 6.20 Å². The van der Waals surface area contributed by atoms with Crippen molar-refractivity contribution in [3.05, 3.63) is 17.7 Å². The fraction of sp³-hybridized carbons (Fsp3) is 0.500. The molecule has 0 aromatic carbocycles. The van der Waals surface area contributed by atoms with Crippen LogP contribution in [0.5, 0.6) is 0 Å². The van der Waals surface area contributed by atoms with Crippen molar-refractivity contribution < 1.29 is 0 Å². The molecule has 1 N–H and O–H groups in total. The summed E-state index contributed by atoms with van der Waals surface area (Å²) in [6, 6.07) is 0. The van der Waals surface area contributed by atoms with E-state index >= 15 is 0 Å². The fourth-order valence-corrected chi connectivity index (χ4v) is 1.22. The van der Waals surface area contributed by atoms with Gasteiger partial charge in [-0.2, -0.15) is 0 Å². The fourth-order valence-electron chi connectivity index (χ4n) is 0.719. The first kappa shape index (κ1) is 6.88. The van der Waals surface area contributed by atoms with Crippen LogP contribution in [0.1, 0.15) is 11.5 Å². The summed E-state index contributed by atoms with van der Waals surface area (Å²) < 4.78 is 0. The molecule has 0 atom stereocenters. The summed E-state index contributed by atoms with van der Waals surface area (Å²) in [5.41, 5.74) is 1.23. The van der Waals surface area contributed by atoms with Crippen molar-refractivity contribution in [1.82, 2.24) is 9.97 Å². The molecular formula is C6H9AsN2. The standard InChI is InChI=1S/C6H9AsN2/c1-5-8-4-6(9-5)2-3-7/h4H,2-3H2,1H3,(H,8,9). The third-order valence-electron chi connectivity index (χ3n) is 1.14. The van der Waals surface area contributed by atoms with Gasteiger partial charge in [0.05, 0.1) is 0 Å². The zero-order valence-corrected chi connectivity index (χ0v) is 7.26. The SMILES string of the molecule is Cc1ncc(CC[As])[nH]1. The summed E-state index contributed by atoms with van der Waals surface area (Å²) in [6.45, 7) is 1.97. The van der Waals surface area contributed by atoms with Crippen LogP contribution < -0.4 is 0 Å². The molecular weight excluding hydrogens is 175 g/mol. The van der Waals surface area contributed by atoms with E-state index in [9.17, 15) is 0 Å². The molecule has 0 saturated carbocycles. The first-order chi connectivity index (χ1) is 4.33. The predicted octanol–water partition coefficient (Wildman–Crippen LogP) is 0.847. The number of aromatic nitrogens is 2. The Morgan fingerprint density at radius 1 is 1.78 bits per heavy atom. The number of rotatable bonds is 2. The molecule has 2 radical (unpaired) electrons. The maximum atomic E-state index is 4.07. The van der Waals surface area contributed by atoms with Crippen molar-refractivity contribution in [2.45, 2.75) is 18.6 Å². The van der Waals surface area contributed by atoms with E-state index in [-0.39, 0.29) is 0 Å². The van der Waals surface area contributed by atoms with Crippen molar-refractivity contribution in [1.29, 1.82) is 0 Å². The van der Waals surface area contributed by atoms with Crippen LogP contribution in [0.3, 0.4) is 0 Å². The Bertz CT molecular complexity index is 183. The van der Waals surface area contributed by atoms with Gasteiger partial charge in [-0.1, -0.05) is 0 Å². The van der Waals surface area contributed by atoms with Gasteiger partial charge in [-0.25, -0.2) is 0 Å². The van der Waals surface area contributed by atoms with Crippen molar-refractivity contribution >= 4 is 16.9 Å². The van der Waals surface area contributed by atoms with E-state index in [1.165, 1.54) is 5.69 Å². The van der Waals surface area contributed by atoms with E-state index in [0.29, 0.717) is 0 Å². The van der Waals surface area contributed by atoms with E-state index in [1.807, 2.05) is 13.1 Å². The van der Waals surface area contributed by atoms with Crippen LogP contribution in [0.2, 0.25) is 5.21 Å². The molecule has 1 aromatic heterocycles. The molecule has 0 saturated heterocycles. The molecule has 2 nitrogen and oxygen atoms in total. The molecule has 0 spiro atoms. The normalized spacial score (nSPS) is 10.0. The van der Waals surface area contributed by atoms with Gasteiger partial charge in [0.15, 0.2) is 0 Å². The van der Waals surface area contributed by atoms with E-state index < -0.39 is 0 Å². The van der Waals surface area contributed by atoms with E-state index in [0.717, 1.165) is 17.5 Å². The third-order valence-corrected chi connectivity index (χ3v) is 1.61. The first-order valence-electron chi connectivity index (χ1n) is 2.94. The summed E-state index contributed by atoms with van der Waals surface area (Å²) in [4.78, 5) is 7.23. The molecule has 9 heavy (non-hydrogen) atoms. The number of imidazole rings is 1. The second-order valence-corrected chi connectivity index (χ2v) is 2.91. The molecule has 1 rings (SSSR count). The van der Waals surface area contributed by atoms with Crippen LogP contribution in [-0.4, -0.2) is 26.8 Å². The van der Waals surface area contributed by atoms with Gasteiger partial charge in [0, 0.05) is 0 Å². The Labute approximate surface area is 63.6 Å². The van der Waals surface area contributed by atoms with Crippen molar-refractivity contribution in [2.24, 2.45) is 0 Å². The molecule has 0 amide bonds. The van der Waals surface area contributed by atoms with Crippen molar-refractivity contribution in [2.75, 3.05) is 0 Å². The summed E-state index contributed by atoms with van der Waals surface area (Å²) in [7, 11) is 0. The second kappa shape index (κ2) is 3.07. The Kier molecular flexibility index (Phi) is 2.35. The van der Waals surface area contributed by atoms with E-state index in [1.54, 1.807) is 0 Å². The number of hydrogen-bond donors (Lipinski definition) is 1. The zero-order valence-electron chi connectivity index (χ0n) is 5.39. The molecule has 48 valence electrons. The number of aryl methyl sites for hydroxylation is 2. The number of nitrogens with one attached hydrogen (secondary N) is 1. The number of hydrogen-bond acceptors (Lipinski definition) is 1. The molecule has 0 fully saturated rings. The molecule has 0 aliphatic carbocycles. The molecule has 0 aliphatic rings. The topological polar surface area (TPSA) is 28.7 Å². The Morgan fingerprint density at radius 3 is 3.00 bits per heavy atom. The van der Waals surface area contributed by atoms with Gasteiger partial charge in [0.1, 0.15) is 0 Å². The summed E-state index contributed by atoms with van der Waals surface area (Å²) >= 11 is 2.56. The van der Waals surface area contributed by atoms with Crippen LogP contribution in [0.4, 0.5) is 0 Å². The maximum absolute atomic E-state index is 4.07. The molecule has 1 aromatic rings. The predicted molar refractivity (Wildman–Crippen MR) is 37.6 cm³/mol. The van der Waals surface area contributed by atoms with Gasteiger partial charge >= 0.3 is 63.1 Å². The van der Waals surface area contributed by atoms with Gasteiger partial charge in [0.2, 0.25) is 0 Å². The Hall–Kier alpha value is -0.232. The molecule has 1 heterocycles. The number of aromatic amines is 1. The van der Waals surface area contributed by atoms with E-state index in [4.69, 9.17) is 0 Å². The summed E-state index contributed by atoms with van der Waals surface area (Å²) in [5, 5.41) is 1.12. The Balaban J connectivity index is 2.61. The average molecular weight is 184 g/mol. The van der Waals surface area contributed by atoms with Crippen LogP contribution in [-0.2, 0) is 6.42 Å². The molecule has 3 heteroatoms. The summed E-state index contributed by atoms with van der Waals surface area (Å²) in [6.07, 6.45) is 2.98. The number of nitrogens with zero attached hydrogens (tertiary/aromatic N) is 1. The van der Waals surface area contributed by atoms with Crippen molar-refractivity contribution in [3.63, 3.8) is 0 Å². The Morgan fingerprint density at radius 2 is 2.56 bits per heavy atom. The van der Waals surface area contributed by atoms with Gasteiger partial charge < -0.3 is 0 Å². The van der Waals surface area contributed by atoms with Crippen molar-refractivity contribution in [3.8, 4) is 0 Å². The zero-order chi connectivity index (χ0) is 6.69. The number of H-pyrrole nitrogens is 1. The second-order valence-electron chi connectivity index (χ2n) is 1.97. The molecule has 0 unspecified atom stereocenters. The molecule has 0 bridgehead atoms. The average Bonchev–Trinajstić information content (AvgIpc) is 2.17. The van der Waals surface area contributed by atoms with Crippen LogP contribution in [0, 0.1) is 6.92 Å². The minimum atomic E-state index is 1.01. The monoisotopic (exact) mass is 184 g/mol.